The molecule has 7 heterocycles. The number of allylic oxidation sites excluding steroid dienone is 1. The molecule has 62 heavy (non-hydrogen) atoms. The van der Waals surface area contributed by atoms with E-state index in [1.54, 1.807) is 13.2 Å². The maximum atomic E-state index is 14.4. The first kappa shape index (κ1) is 51.6. The average Bonchev–Trinajstić information content (AvgIpc) is 3.90. The summed E-state index contributed by atoms with van der Waals surface area (Å²) in [5.74, 6) is 0.0459. The molecule has 7 aliphatic rings. The first-order chi connectivity index (χ1) is 30.0. The zero-order chi connectivity index (χ0) is 43.9. The van der Waals surface area contributed by atoms with Crippen LogP contribution < -0.4 is 0 Å². The second kappa shape index (κ2) is 25.1. The summed E-state index contributed by atoms with van der Waals surface area (Å²) < 4.78 is 65.4. The Balaban J connectivity index is 1.17. The minimum atomic E-state index is -0.582. The quantitative estimate of drug-likeness (QED) is 0.144. The summed E-state index contributed by atoms with van der Waals surface area (Å²) >= 11 is 0. The third-order valence-corrected chi connectivity index (χ3v) is 18.7. The van der Waals surface area contributed by atoms with E-state index >= 15 is 0 Å². The summed E-state index contributed by atoms with van der Waals surface area (Å²) in [6.45, 7) is 12.6. The number of carbonyl (C=O) groups is 2. The van der Waals surface area contributed by atoms with Gasteiger partial charge in [-0.05, 0) is 36.9 Å². The van der Waals surface area contributed by atoms with Crippen molar-refractivity contribution < 1.29 is 56.3 Å². The Morgan fingerprint density at radius 2 is 1.56 bits per heavy atom. The Bertz CT molecular complexity index is 1860. The summed E-state index contributed by atoms with van der Waals surface area (Å²) in [5, 5.41) is 0. The molecule has 0 spiro atoms. The SMILES string of the molecule is C=C1C2C[C@@H]3O[C@H](C[C@@H](CCPP)OP)[C@H](OC)[C@H]3CC(=O)CC3CC[C@@H]4O[C@@H]5[C@@H](O[C@H](CC(=O)/C=C/[C@H]6CC(=C)[C@H](CC[C@@H](C[C@H]1C)O2)O6)[C@@H]5OP=P#P)[C@@H](OP=P#P)[C@H]4O3. The van der Waals surface area contributed by atoms with E-state index in [2.05, 4.69) is 55.2 Å². The van der Waals surface area contributed by atoms with Crippen molar-refractivity contribution in [2.24, 2.45) is 11.8 Å². The summed E-state index contributed by atoms with van der Waals surface area (Å²) in [5.41, 5.74) is 2.07. The van der Waals surface area contributed by atoms with Crippen LogP contribution in [0.25, 0.3) is 0 Å². The van der Waals surface area contributed by atoms with Crippen LogP contribution in [0.15, 0.2) is 36.5 Å². The molecule has 6 fully saturated rings. The van der Waals surface area contributed by atoms with Crippen LogP contribution in [0.2, 0.25) is 0 Å². The van der Waals surface area contributed by atoms with Gasteiger partial charge in [0.1, 0.15) is 0 Å². The molecule has 0 aliphatic carbocycles. The molecular weight excluding hydrogens is 963 g/mol. The fraction of sp³-hybridized carbons (Fsp3) is 0.805. The van der Waals surface area contributed by atoms with Crippen molar-refractivity contribution in [2.45, 2.75) is 182 Å². The van der Waals surface area contributed by atoms with Gasteiger partial charge in [0.25, 0.3) is 0 Å². The first-order valence-electron chi connectivity index (χ1n) is 21.8. The molecule has 0 radical (unpaired) electrons. The Hall–Kier alpha value is 1.77. The molecule has 6 saturated heterocycles. The van der Waals surface area contributed by atoms with Crippen molar-refractivity contribution in [3.8, 4) is 0 Å². The second-order valence-electron chi connectivity index (χ2n) is 17.6. The number of hydrogen-bond donors (Lipinski definition) is 0. The van der Waals surface area contributed by atoms with Gasteiger partial charge in [-0.2, -0.15) is 0 Å². The first-order valence-corrected chi connectivity index (χ1v) is 32.4. The summed E-state index contributed by atoms with van der Waals surface area (Å²) in [6.07, 6.45) is 6.28. The van der Waals surface area contributed by atoms with Gasteiger partial charge in [0.2, 0.25) is 0 Å². The molecular formula is C41H61O12P9. The Labute approximate surface area is 382 Å². The predicted octanol–water partition coefficient (Wildman–Crippen LogP) is 10.9. The van der Waals surface area contributed by atoms with Crippen molar-refractivity contribution in [1.29, 1.82) is 0 Å². The van der Waals surface area contributed by atoms with E-state index in [4.69, 9.17) is 46.7 Å². The van der Waals surface area contributed by atoms with Crippen LogP contribution in [-0.2, 0) is 56.3 Å². The summed E-state index contributed by atoms with van der Waals surface area (Å²) in [4.78, 5) is 28.0. The number of ketones is 2. The van der Waals surface area contributed by atoms with Crippen molar-refractivity contribution in [1.82, 2.24) is 0 Å². The van der Waals surface area contributed by atoms with E-state index in [1.165, 1.54) is 0 Å². The second-order valence-corrected chi connectivity index (χ2v) is 26.4. The van der Waals surface area contributed by atoms with Crippen LogP contribution in [0, 0.1) is 11.8 Å². The molecule has 12 nitrogen and oxygen atoms in total. The van der Waals surface area contributed by atoms with Gasteiger partial charge < -0.3 is 9.26 Å². The minimum absolute atomic E-state index is 0.00125. The van der Waals surface area contributed by atoms with Crippen LogP contribution in [-0.4, -0.2) is 123 Å². The number of ether oxygens (including phenoxy) is 7. The number of rotatable bonds is 11. The monoisotopic (exact) mass is 1020 g/mol. The zero-order valence-electron chi connectivity index (χ0n) is 35.4. The van der Waals surface area contributed by atoms with Crippen LogP contribution >= 0.6 is 73.5 Å². The van der Waals surface area contributed by atoms with Gasteiger partial charge in [-0.3, -0.25) is 0 Å². The fourth-order valence-electron chi connectivity index (χ4n) is 10.6. The van der Waals surface area contributed by atoms with E-state index in [-0.39, 0.29) is 104 Å². The van der Waals surface area contributed by atoms with E-state index in [1.807, 2.05) is 6.08 Å². The van der Waals surface area contributed by atoms with Crippen molar-refractivity contribution >= 4 is 85.0 Å². The third-order valence-electron chi connectivity index (χ3n) is 13.7. The number of Topliss-reactive ketones (excluding diaryl/α,β-unsaturated/α-hetero) is 1. The summed E-state index contributed by atoms with van der Waals surface area (Å²) in [7, 11) is 17.8. The van der Waals surface area contributed by atoms with Gasteiger partial charge in [0, 0.05) is 23.0 Å². The Morgan fingerprint density at radius 1 is 0.823 bits per heavy atom. The number of carbonyl (C=O) groups excluding carboxylic acids is 2. The van der Waals surface area contributed by atoms with Crippen LogP contribution in [0.5, 0.6) is 0 Å². The van der Waals surface area contributed by atoms with E-state index < -0.39 is 36.6 Å². The molecule has 21 atom stereocenters. The van der Waals surface area contributed by atoms with Crippen LogP contribution in [0.4, 0.5) is 0 Å². The molecule has 0 N–H and O–H groups in total. The van der Waals surface area contributed by atoms with E-state index in [0.29, 0.717) is 48.3 Å². The molecule has 342 valence electrons. The number of fused-ring (bicyclic) bond motifs is 7. The normalized spacial score (nSPS) is 42.9. The number of hydrogen-bond acceptors (Lipinski definition) is 12. The van der Waals surface area contributed by atoms with Gasteiger partial charge in [-0.1, -0.05) is 13.5 Å². The van der Waals surface area contributed by atoms with Crippen LogP contribution in [0.3, 0.4) is 0 Å². The molecule has 0 amide bonds. The van der Waals surface area contributed by atoms with Gasteiger partial charge in [0.15, 0.2) is 0 Å². The third kappa shape index (κ3) is 12.9. The van der Waals surface area contributed by atoms with Gasteiger partial charge in [-0.15, -0.1) is 17.2 Å². The predicted molar refractivity (Wildman–Crippen MR) is 257 cm³/mol. The molecule has 7 rings (SSSR count). The molecule has 0 aromatic carbocycles. The zero-order valence-corrected chi connectivity index (χ0v) is 44.1. The van der Waals surface area contributed by atoms with Gasteiger partial charge in [-0.25, -0.2) is 0 Å². The molecule has 8 bridgehead atoms. The molecule has 5 unspecified atom stereocenters. The molecule has 21 heteroatoms. The van der Waals surface area contributed by atoms with Gasteiger partial charge >= 0.3 is 266 Å². The molecule has 0 saturated carbocycles. The van der Waals surface area contributed by atoms with Crippen molar-refractivity contribution in [3.63, 3.8) is 0 Å². The Kier molecular flexibility index (Phi) is 20.9. The van der Waals surface area contributed by atoms with Crippen molar-refractivity contribution in [2.75, 3.05) is 13.3 Å². The van der Waals surface area contributed by atoms with E-state index in [9.17, 15) is 9.59 Å². The summed E-state index contributed by atoms with van der Waals surface area (Å²) in [6, 6.07) is 0. The maximum absolute atomic E-state index is 14.4. The molecule has 7 aliphatic heterocycles. The fourth-order valence-corrected chi connectivity index (χ4v) is 14.3. The van der Waals surface area contributed by atoms with E-state index in [0.717, 1.165) is 65.2 Å². The standard InChI is InChI=1S/C41H61O12P9/c1-20-13-26-7-9-30-21(2)14-25(45-30)6-5-23(42)17-34-38(52-59-61-56)39-40(50-34)41(53-60-62-57)37-31(49-39)10-8-27(47-37)15-24(43)16-29-33(19-32(46-26)22(20)3)48-35(36(29)44-4)18-28(51-54)11-12-58-55/h5-6,20,25-41,58H,2-3,7-19,54-55H2,1,4H3/b6-5+/t20-,25+,26+,27?,28-,29+,30+,31+,32?,33+,34-,35-,36-,37+,38+,39+,40-,41+/m1/s1. The topological polar surface area (TPSA) is 126 Å². The molecule has 0 aromatic rings. The van der Waals surface area contributed by atoms with Gasteiger partial charge in [0.05, 0.1) is 18.3 Å². The average molecular weight is 1020 g/mol. The number of methoxy groups -OCH3 is 1. The van der Waals surface area contributed by atoms with Crippen LogP contribution in [0.1, 0.15) is 84.0 Å². The Morgan fingerprint density at radius 3 is 2.31 bits per heavy atom. The van der Waals surface area contributed by atoms with Crippen molar-refractivity contribution in [3.05, 3.63) is 36.5 Å². The molecule has 0 aromatic heterocycles.